The maximum atomic E-state index is 6.65. The Bertz CT molecular complexity index is 620. The van der Waals surface area contributed by atoms with E-state index in [1.165, 1.54) is 0 Å². The van der Waals surface area contributed by atoms with Gasteiger partial charge < -0.3 is 9.16 Å². The topological polar surface area (TPSA) is 48.6 Å². The van der Waals surface area contributed by atoms with E-state index < -0.39 is 8.32 Å². The molecule has 0 amide bonds. The van der Waals surface area contributed by atoms with Gasteiger partial charge in [0.25, 0.3) is 0 Å². The summed E-state index contributed by atoms with van der Waals surface area (Å²) < 4.78 is 14.3. The van der Waals surface area contributed by atoms with E-state index in [9.17, 15) is 0 Å². The lowest BCUT2D eigenvalue weighted by Gasteiger charge is -2.38. The summed E-state index contributed by atoms with van der Waals surface area (Å²) >= 11 is 0. The molecule has 0 saturated carbocycles. The molecular weight excluding hydrogens is 306 g/mol. The number of rotatable bonds is 3. The molecule has 5 nitrogen and oxygen atoms in total. The molecule has 3 rings (SSSR count). The van der Waals surface area contributed by atoms with Crippen LogP contribution in [0.15, 0.2) is 23.7 Å². The van der Waals surface area contributed by atoms with Crippen molar-refractivity contribution in [3.63, 3.8) is 0 Å². The van der Waals surface area contributed by atoms with E-state index in [-0.39, 0.29) is 17.4 Å². The van der Waals surface area contributed by atoms with E-state index >= 15 is 0 Å². The third-order valence-corrected chi connectivity index (χ3v) is 9.58. The maximum Gasteiger partial charge on any atom is 0.192 e. The summed E-state index contributed by atoms with van der Waals surface area (Å²) in [5, 5.41) is 0.182. The highest BCUT2D eigenvalue weighted by Crippen LogP contribution is 2.43. The van der Waals surface area contributed by atoms with Crippen LogP contribution in [0.4, 0.5) is 5.82 Å². The highest BCUT2D eigenvalue weighted by atomic mass is 28.4. The van der Waals surface area contributed by atoms with Crippen molar-refractivity contribution < 1.29 is 9.16 Å². The second-order valence-corrected chi connectivity index (χ2v) is 12.6. The first kappa shape index (κ1) is 16.5. The van der Waals surface area contributed by atoms with Crippen molar-refractivity contribution in [2.24, 2.45) is 4.99 Å². The summed E-state index contributed by atoms with van der Waals surface area (Å²) in [6.45, 7) is 11.4. The molecule has 3 heterocycles. The molecule has 0 radical (unpaired) electrons. The van der Waals surface area contributed by atoms with Crippen LogP contribution < -0.4 is 0 Å². The second kappa shape index (κ2) is 5.91. The molecule has 0 saturated heterocycles. The average molecular weight is 334 g/mol. The van der Waals surface area contributed by atoms with Gasteiger partial charge >= 0.3 is 0 Å². The molecule has 6 heteroatoms. The monoisotopic (exact) mass is 333 g/mol. The summed E-state index contributed by atoms with van der Waals surface area (Å²) in [4.78, 5) is 9.28. The minimum atomic E-state index is -1.85. The van der Waals surface area contributed by atoms with Gasteiger partial charge in [-0.05, 0) is 37.0 Å². The largest absolute Gasteiger partial charge is 0.478 e. The Labute approximate surface area is 139 Å². The van der Waals surface area contributed by atoms with Crippen LogP contribution >= 0.6 is 0 Å². The van der Waals surface area contributed by atoms with Gasteiger partial charge in [-0.2, -0.15) is 0 Å². The molecule has 2 aliphatic heterocycles. The fourth-order valence-corrected chi connectivity index (χ4v) is 3.95. The molecule has 0 fully saturated rings. The molecule has 23 heavy (non-hydrogen) atoms. The lowest BCUT2D eigenvalue weighted by molar-refractivity contribution is 0.106. The van der Waals surface area contributed by atoms with Crippen LogP contribution in [0, 0.1) is 0 Å². The van der Waals surface area contributed by atoms with Gasteiger partial charge in [-0.25, -0.2) is 9.98 Å². The minimum Gasteiger partial charge on any atom is -0.478 e. The Morgan fingerprint density at radius 1 is 1.35 bits per heavy atom. The van der Waals surface area contributed by atoms with Crippen LogP contribution in [0.5, 0.6) is 0 Å². The van der Waals surface area contributed by atoms with Crippen molar-refractivity contribution in [1.29, 1.82) is 0 Å². The van der Waals surface area contributed by atoms with Crippen LogP contribution in [0.3, 0.4) is 0 Å². The summed E-state index contributed by atoms with van der Waals surface area (Å²) in [5.74, 6) is 0.889. The molecule has 1 aromatic rings. The fourth-order valence-electron chi connectivity index (χ4n) is 2.65. The van der Waals surface area contributed by atoms with Crippen molar-refractivity contribution in [3.8, 4) is 0 Å². The molecule has 0 N–H and O–H groups in total. The molecule has 0 spiro atoms. The Balaban J connectivity index is 1.89. The van der Waals surface area contributed by atoms with E-state index in [1.54, 1.807) is 6.26 Å². The van der Waals surface area contributed by atoms with E-state index in [4.69, 9.17) is 9.16 Å². The van der Waals surface area contributed by atoms with Crippen LogP contribution in [0.1, 0.15) is 58.1 Å². The number of nitrogens with zero attached hydrogens (tertiary/aromatic N) is 3. The van der Waals surface area contributed by atoms with Gasteiger partial charge in [0, 0.05) is 12.6 Å². The van der Waals surface area contributed by atoms with Crippen molar-refractivity contribution in [3.05, 3.63) is 24.4 Å². The Morgan fingerprint density at radius 3 is 2.78 bits per heavy atom. The zero-order valence-corrected chi connectivity index (χ0v) is 15.7. The third kappa shape index (κ3) is 3.14. The van der Waals surface area contributed by atoms with Gasteiger partial charge in [0.2, 0.25) is 0 Å². The quantitative estimate of drug-likeness (QED) is 0.741. The lowest BCUT2D eigenvalue weighted by Crippen LogP contribution is -2.41. The number of aliphatic imine (C=N–C) groups is 1. The fraction of sp³-hybridized carbons (Fsp3) is 0.647. The molecule has 2 aliphatic rings. The molecule has 0 aromatic carbocycles. The van der Waals surface area contributed by atoms with Gasteiger partial charge in [-0.15, -0.1) is 0 Å². The van der Waals surface area contributed by atoms with Gasteiger partial charge in [-0.1, -0.05) is 20.8 Å². The number of hydrogen-bond acceptors (Lipinski definition) is 4. The zero-order valence-electron chi connectivity index (χ0n) is 14.7. The maximum absolute atomic E-state index is 6.65. The number of imidazole rings is 1. The minimum absolute atomic E-state index is 0.0176. The summed E-state index contributed by atoms with van der Waals surface area (Å²) in [6, 6.07) is 0. The molecular formula is C17H27N3O2Si. The van der Waals surface area contributed by atoms with Crippen LogP contribution in [-0.4, -0.2) is 24.1 Å². The van der Waals surface area contributed by atoms with E-state index in [2.05, 4.69) is 43.8 Å². The normalized spacial score (nSPS) is 24.4. The second-order valence-electron chi connectivity index (χ2n) is 7.81. The van der Waals surface area contributed by atoms with Crippen LogP contribution in [-0.2, 0) is 9.16 Å². The zero-order chi connectivity index (χ0) is 16.7. The molecule has 0 unspecified atom stereocenters. The Kier molecular flexibility index (Phi) is 4.23. The lowest BCUT2D eigenvalue weighted by atomic mass is 10.1. The predicted octanol–water partition coefficient (Wildman–Crippen LogP) is 4.87. The van der Waals surface area contributed by atoms with Crippen molar-refractivity contribution in [2.75, 3.05) is 0 Å². The van der Waals surface area contributed by atoms with Gasteiger partial charge in [0.05, 0.1) is 18.7 Å². The summed E-state index contributed by atoms with van der Waals surface area (Å²) in [7, 11) is -1.85. The van der Waals surface area contributed by atoms with Crippen molar-refractivity contribution in [2.45, 2.75) is 70.5 Å². The summed E-state index contributed by atoms with van der Waals surface area (Å²) in [5.41, 5.74) is 0.957. The predicted molar refractivity (Wildman–Crippen MR) is 94.5 cm³/mol. The number of aromatic nitrogens is 2. The van der Waals surface area contributed by atoms with E-state index in [0.717, 1.165) is 30.8 Å². The Hall–Kier alpha value is -1.40. The number of hydrogen-bond donors (Lipinski definition) is 0. The number of fused-ring (bicyclic) bond motifs is 1. The van der Waals surface area contributed by atoms with E-state index in [0.29, 0.717) is 0 Å². The highest BCUT2D eigenvalue weighted by molar-refractivity contribution is 6.74. The smallest absolute Gasteiger partial charge is 0.192 e. The first-order chi connectivity index (χ1) is 10.8. The van der Waals surface area contributed by atoms with Crippen molar-refractivity contribution >= 4 is 20.3 Å². The third-order valence-electron chi connectivity index (χ3n) is 5.09. The first-order valence-corrected chi connectivity index (χ1v) is 11.3. The summed E-state index contributed by atoms with van der Waals surface area (Å²) in [6.07, 6.45) is 10.3. The SMILES string of the molecule is CC(C)(C)[Si](C)(C)O[C@@H]1CCC=Nc2c1ncn2[C@H]1CC=CO1. The average Bonchev–Trinajstić information content (AvgIpc) is 3.06. The highest BCUT2D eigenvalue weighted by Gasteiger charge is 2.40. The molecule has 2 atom stereocenters. The van der Waals surface area contributed by atoms with Gasteiger partial charge in [0.15, 0.2) is 20.4 Å². The standard InChI is InChI=1S/C17H27N3O2Si/c1-17(2,3)23(4,5)22-13-8-6-10-18-16-15(13)19-12-20(16)14-9-7-11-21-14/h7,10-14H,6,8-9H2,1-5H3/t13-,14-/m1/s1. The van der Waals surface area contributed by atoms with Crippen LogP contribution in [0.2, 0.25) is 18.1 Å². The van der Waals surface area contributed by atoms with Gasteiger partial charge in [0.1, 0.15) is 5.69 Å². The van der Waals surface area contributed by atoms with Crippen molar-refractivity contribution in [1.82, 2.24) is 9.55 Å². The molecule has 0 aliphatic carbocycles. The number of ether oxygens (including phenoxy) is 1. The van der Waals surface area contributed by atoms with Gasteiger partial charge in [-0.3, -0.25) is 4.57 Å². The molecule has 0 bridgehead atoms. The van der Waals surface area contributed by atoms with Crippen LogP contribution in [0.25, 0.3) is 0 Å². The Morgan fingerprint density at radius 2 is 2.13 bits per heavy atom. The molecule has 126 valence electrons. The van der Waals surface area contributed by atoms with E-state index in [1.807, 2.05) is 23.2 Å². The first-order valence-electron chi connectivity index (χ1n) is 8.37. The molecule has 1 aromatic heterocycles.